The van der Waals surface area contributed by atoms with E-state index in [0.29, 0.717) is 12.6 Å². The van der Waals surface area contributed by atoms with Crippen molar-refractivity contribution in [1.82, 2.24) is 5.43 Å². The molecule has 2 aromatic rings. The first-order chi connectivity index (χ1) is 13.5. The summed E-state index contributed by atoms with van der Waals surface area (Å²) in [5.41, 5.74) is 3.04. The SMILES string of the molecule is CC(C)(C)c1ccc([C@H]2C[C@@H]2C(=O)N/N=C/c2c(F)c(F)c(F)c(F)c2F)cc1. The van der Waals surface area contributed by atoms with Crippen LogP contribution >= 0.6 is 0 Å². The Morgan fingerprint density at radius 1 is 0.966 bits per heavy atom. The van der Waals surface area contributed by atoms with Gasteiger partial charge < -0.3 is 0 Å². The predicted octanol–water partition coefficient (Wildman–Crippen LogP) is 4.93. The van der Waals surface area contributed by atoms with E-state index >= 15 is 0 Å². The van der Waals surface area contributed by atoms with Gasteiger partial charge in [-0.1, -0.05) is 45.0 Å². The lowest BCUT2D eigenvalue weighted by Gasteiger charge is -2.19. The fraction of sp³-hybridized carbons (Fsp3) is 0.333. The summed E-state index contributed by atoms with van der Waals surface area (Å²) in [7, 11) is 0. The maximum absolute atomic E-state index is 13.6. The zero-order chi connectivity index (χ0) is 21.5. The van der Waals surface area contributed by atoms with Crippen molar-refractivity contribution < 1.29 is 26.7 Å². The highest BCUT2D eigenvalue weighted by Gasteiger charge is 2.44. The van der Waals surface area contributed by atoms with E-state index in [9.17, 15) is 26.7 Å². The summed E-state index contributed by atoms with van der Waals surface area (Å²) in [6.45, 7) is 6.29. The molecule has 1 saturated carbocycles. The summed E-state index contributed by atoms with van der Waals surface area (Å²) in [6, 6.07) is 7.92. The van der Waals surface area contributed by atoms with Crippen LogP contribution in [0.4, 0.5) is 22.0 Å². The second kappa shape index (κ2) is 7.57. The highest BCUT2D eigenvalue weighted by Crippen LogP contribution is 2.47. The van der Waals surface area contributed by atoms with Crippen molar-refractivity contribution in [2.45, 2.75) is 38.5 Å². The van der Waals surface area contributed by atoms with Gasteiger partial charge in [0.05, 0.1) is 11.8 Å². The largest absolute Gasteiger partial charge is 0.273 e. The summed E-state index contributed by atoms with van der Waals surface area (Å²) in [5.74, 6) is -11.3. The van der Waals surface area contributed by atoms with Gasteiger partial charge >= 0.3 is 0 Å². The summed E-state index contributed by atoms with van der Waals surface area (Å²) >= 11 is 0. The molecule has 0 unspecified atom stereocenters. The molecule has 0 aromatic heterocycles. The zero-order valence-electron chi connectivity index (χ0n) is 16.0. The van der Waals surface area contributed by atoms with E-state index in [1.807, 2.05) is 24.3 Å². The molecule has 2 aromatic carbocycles. The fourth-order valence-corrected chi connectivity index (χ4v) is 3.06. The molecule has 1 aliphatic carbocycles. The molecular weight excluding hydrogens is 391 g/mol. The van der Waals surface area contributed by atoms with Gasteiger partial charge in [-0.2, -0.15) is 5.10 Å². The number of amides is 1. The molecule has 0 bridgehead atoms. The molecule has 1 aliphatic rings. The van der Waals surface area contributed by atoms with E-state index in [0.717, 1.165) is 11.1 Å². The summed E-state index contributed by atoms with van der Waals surface area (Å²) in [4.78, 5) is 12.1. The number of benzene rings is 2. The Balaban J connectivity index is 1.65. The number of nitrogens with zero attached hydrogens (tertiary/aromatic N) is 1. The van der Waals surface area contributed by atoms with Crippen LogP contribution in [0.1, 0.15) is 49.8 Å². The number of hydrogen-bond acceptors (Lipinski definition) is 2. The Kier molecular flexibility index (Phi) is 5.47. The third kappa shape index (κ3) is 4.16. The monoisotopic (exact) mass is 410 g/mol. The van der Waals surface area contributed by atoms with Gasteiger partial charge in [-0.25, -0.2) is 27.4 Å². The first-order valence-corrected chi connectivity index (χ1v) is 8.97. The van der Waals surface area contributed by atoms with Gasteiger partial charge in [0.25, 0.3) is 0 Å². The second-order valence-corrected chi connectivity index (χ2v) is 8.04. The third-order valence-corrected chi connectivity index (χ3v) is 4.94. The van der Waals surface area contributed by atoms with E-state index in [2.05, 4.69) is 31.3 Å². The van der Waals surface area contributed by atoms with Crippen molar-refractivity contribution in [3.63, 3.8) is 0 Å². The molecule has 0 heterocycles. The van der Waals surface area contributed by atoms with Crippen molar-refractivity contribution in [3.8, 4) is 0 Å². The van der Waals surface area contributed by atoms with Crippen LogP contribution in [0.3, 0.4) is 0 Å². The van der Waals surface area contributed by atoms with Gasteiger partial charge in [0, 0.05) is 5.92 Å². The first-order valence-electron chi connectivity index (χ1n) is 8.97. The van der Waals surface area contributed by atoms with Crippen molar-refractivity contribution in [1.29, 1.82) is 0 Å². The molecule has 1 amide bonds. The minimum Gasteiger partial charge on any atom is -0.273 e. The molecule has 29 heavy (non-hydrogen) atoms. The molecular formula is C21H19F5N2O. The number of carbonyl (C=O) groups excluding carboxylic acids is 1. The molecule has 0 saturated heterocycles. The number of hydrazone groups is 1. The van der Waals surface area contributed by atoms with Gasteiger partial charge in [-0.15, -0.1) is 0 Å². The molecule has 0 aliphatic heterocycles. The van der Waals surface area contributed by atoms with Gasteiger partial charge in [0.15, 0.2) is 23.3 Å². The topological polar surface area (TPSA) is 41.5 Å². The van der Waals surface area contributed by atoms with E-state index in [4.69, 9.17) is 0 Å². The molecule has 0 spiro atoms. The van der Waals surface area contributed by atoms with E-state index in [1.54, 1.807) is 0 Å². The fourth-order valence-electron chi connectivity index (χ4n) is 3.06. The Morgan fingerprint density at radius 2 is 1.48 bits per heavy atom. The average molecular weight is 410 g/mol. The van der Waals surface area contributed by atoms with Crippen LogP contribution in [-0.4, -0.2) is 12.1 Å². The summed E-state index contributed by atoms with van der Waals surface area (Å²) in [5, 5.41) is 3.35. The van der Waals surface area contributed by atoms with Crippen LogP contribution in [-0.2, 0) is 10.2 Å². The van der Waals surface area contributed by atoms with E-state index in [-0.39, 0.29) is 17.3 Å². The maximum Gasteiger partial charge on any atom is 0.243 e. The van der Waals surface area contributed by atoms with Gasteiger partial charge in [-0.3, -0.25) is 4.79 Å². The first kappa shape index (κ1) is 21.0. The molecule has 1 fully saturated rings. The van der Waals surface area contributed by atoms with E-state index in [1.165, 1.54) is 0 Å². The lowest BCUT2D eigenvalue weighted by molar-refractivity contribution is -0.122. The normalized spacial score (nSPS) is 18.9. The summed E-state index contributed by atoms with van der Waals surface area (Å²) in [6.07, 6.45) is 0.989. The molecule has 2 atom stereocenters. The van der Waals surface area contributed by atoms with Crippen LogP contribution in [0.15, 0.2) is 29.4 Å². The molecule has 8 heteroatoms. The van der Waals surface area contributed by atoms with Crippen molar-refractivity contribution in [3.05, 3.63) is 70.0 Å². The van der Waals surface area contributed by atoms with Gasteiger partial charge in [-0.05, 0) is 28.9 Å². The van der Waals surface area contributed by atoms with Crippen LogP contribution in [0.5, 0.6) is 0 Å². The van der Waals surface area contributed by atoms with Crippen LogP contribution in [0.25, 0.3) is 0 Å². The summed E-state index contributed by atoms with van der Waals surface area (Å²) < 4.78 is 66.5. The minimum absolute atomic E-state index is 0.00611. The predicted molar refractivity (Wildman–Crippen MR) is 98.0 cm³/mol. The molecule has 3 nitrogen and oxygen atoms in total. The van der Waals surface area contributed by atoms with Crippen LogP contribution in [0.2, 0.25) is 0 Å². The van der Waals surface area contributed by atoms with Crippen molar-refractivity contribution >= 4 is 12.1 Å². The number of carbonyl (C=O) groups is 1. The van der Waals surface area contributed by atoms with E-state index < -0.39 is 40.6 Å². The number of rotatable bonds is 4. The van der Waals surface area contributed by atoms with Gasteiger partial charge in [0.1, 0.15) is 0 Å². The van der Waals surface area contributed by atoms with Crippen LogP contribution < -0.4 is 5.43 Å². The number of halogens is 5. The lowest BCUT2D eigenvalue weighted by Crippen LogP contribution is -2.20. The zero-order valence-corrected chi connectivity index (χ0v) is 16.0. The maximum atomic E-state index is 13.6. The Morgan fingerprint density at radius 3 is 2.00 bits per heavy atom. The second-order valence-electron chi connectivity index (χ2n) is 8.04. The average Bonchev–Trinajstić information content (AvgIpc) is 3.48. The Bertz CT molecular complexity index is 951. The van der Waals surface area contributed by atoms with Crippen LogP contribution in [0, 0.1) is 35.0 Å². The molecule has 1 N–H and O–H groups in total. The van der Waals surface area contributed by atoms with Gasteiger partial charge in [0.2, 0.25) is 11.7 Å². The third-order valence-electron chi connectivity index (χ3n) is 4.94. The Hall–Kier alpha value is -2.77. The van der Waals surface area contributed by atoms with Crippen molar-refractivity contribution in [2.75, 3.05) is 0 Å². The molecule has 0 radical (unpaired) electrons. The number of nitrogens with one attached hydrogen (secondary N) is 1. The van der Waals surface area contributed by atoms with Crippen molar-refractivity contribution in [2.24, 2.45) is 11.0 Å². The number of hydrogen-bond donors (Lipinski definition) is 1. The molecule has 154 valence electrons. The Labute approximate surface area is 164 Å². The molecule has 3 rings (SSSR count). The highest BCUT2D eigenvalue weighted by molar-refractivity contribution is 5.85. The minimum atomic E-state index is -2.25. The highest BCUT2D eigenvalue weighted by atomic mass is 19.2. The lowest BCUT2D eigenvalue weighted by atomic mass is 9.86. The smallest absolute Gasteiger partial charge is 0.243 e. The quantitative estimate of drug-likeness (QED) is 0.251. The standard InChI is InChI=1S/C21H19F5N2O/c1-21(2,3)11-6-4-10(5-7-11)12-8-13(12)20(29)28-27-9-14-15(22)17(24)19(26)18(25)16(14)23/h4-7,9,12-13H,8H2,1-3H3,(H,28,29)/b27-9+/t12-,13+/m1/s1.